The van der Waals surface area contributed by atoms with E-state index in [0.29, 0.717) is 12.5 Å². The quantitative estimate of drug-likeness (QED) is 0.608. The van der Waals surface area contributed by atoms with Gasteiger partial charge in [0.2, 0.25) is 0 Å². The zero-order chi connectivity index (χ0) is 18.1. The summed E-state index contributed by atoms with van der Waals surface area (Å²) in [6.45, 7) is 4.45. The fraction of sp³-hybridized carbons (Fsp3) is 0.500. The van der Waals surface area contributed by atoms with E-state index >= 15 is 0 Å². The highest BCUT2D eigenvalue weighted by atomic mass is 16.5. The highest BCUT2D eigenvalue weighted by molar-refractivity contribution is 5.89. The molecule has 0 aromatic heterocycles. The first-order valence-electron chi connectivity index (χ1n) is 8.95. The van der Waals surface area contributed by atoms with Crippen molar-refractivity contribution in [3.63, 3.8) is 0 Å². The third kappa shape index (κ3) is 6.61. The number of carbonyl (C=O) groups excluding carboxylic acids is 2. The maximum atomic E-state index is 11.9. The Bertz CT molecular complexity index is 594. The Hall–Kier alpha value is -2.30. The second-order valence-electron chi connectivity index (χ2n) is 6.38. The lowest BCUT2D eigenvalue weighted by atomic mass is 9.86. The van der Waals surface area contributed by atoms with Crippen molar-refractivity contribution in [2.45, 2.75) is 45.6 Å². The van der Waals surface area contributed by atoms with Crippen molar-refractivity contribution in [1.82, 2.24) is 5.32 Å². The number of hydrogen-bond acceptors (Lipinski definition) is 4. The van der Waals surface area contributed by atoms with Crippen molar-refractivity contribution in [1.29, 1.82) is 0 Å². The molecule has 25 heavy (non-hydrogen) atoms. The van der Waals surface area contributed by atoms with Crippen molar-refractivity contribution in [2.75, 3.05) is 13.2 Å². The summed E-state index contributed by atoms with van der Waals surface area (Å²) in [5.41, 5.74) is 0.862. The van der Waals surface area contributed by atoms with Gasteiger partial charge in [-0.2, -0.15) is 0 Å². The molecule has 1 saturated carbocycles. The third-order valence-corrected chi connectivity index (χ3v) is 4.41. The molecule has 0 spiro atoms. The molecule has 1 aromatic rings. The van der Waals surface area contributed by atoms with Crippen LogP contribution in [0.2, 0.25) is 0 Å². The average molecular weight is 345 g/mol. The minimum absolute atomic E-state index is 0.194. The predicted molar refractivity (Wildman–Crippen MR) is 97.2 cm³/mol. The van der Waals surface area contributed by atoms with Gasteiger partial charge in [-0.3, -0.25) is 4.79 Å². The molecule has 0 radical (unpaired) electrons. The highest BCUT2D eigenvalue weighted by Gasteiger charge is 2.22. The third-order valence-electron chi connectivity index (χ3n) is 4.41. The Kier molecular flexibility index (Phi) is 7.51. The summed E-state index contributed by atoms with van der Waals surface area (Å²) in [5.74, 6) is 0.506. The number of carbonyl (C=O) groups is 2. The molecule has 0 aliphatic heterocycles. The van der Waals surface area contributed by atoms with Crippen LogP contribution in [0.4, 0.5) is 0 Å². The number of esters is 1. The van der Waals surface area contributed by atoms with Crippen molar-refractivity contribution < 1.29 is 19.1 Å². The van der Waals surface area contributed by atoms with Gasteiger partial charge in [0.05, 0.1) is 6.61 Å². The molecule has 136 valence electrons. The number of ether oxygens (including phenoxy) is 2. The Morgan fingerprint density at radius 3 is 2.60 bits per heavy atom. The van der Waals surface area contributed by atoms with Crippen molar-refractivity contribution >= 4 is 18.0 Å². The molecule has 0 unspecified atom stereocenters. The van der Waals surface area contributed by atoms with Crippen LogP contribution in [0.3, 0.4) is 0 Å². The van der Waals surface area contributed by atoms with Crippen LogP contribution in [0.15, 0.2) is 30.3 Å². The van der Waals surface area contributed by atoms with Gasteiger partial charge in [0.1, 0.15) is 5.75 Å². The van der Waals surface area contributed by atoms with E-state index in [1.54, 1.807) is 6.08 Å². The summed E-state index contributed by atoms with van der Waals surface area (Å²) < 4.78 is 10.4. The van der Waals surface area contributed by atoms with E-state index in [1.807, 2.05) is 31.2 Å². The van der Waals surface area contributed by atoms with Gasteiger partial charge in [-0.05, 0) is 49.5 Å². The number of amides is 1. The fourth-order valence-corrected chi connectivity index (χ4v) is 2.97. The van der Waals surface area contributed by atoms with Gasteiger partial charge in [-0.25, -0.2) is 4.79 Å². The molecular weight excluding hydrogens is 318 g/mol. The van der Waals surface area contributed by atoms with Gasteiger partial charge in [-0.1, -0.05) is 31.9 Å². The molecule has 1 fully saturated rings. The van der Waals surface area contributed by atoms with Gasteiger partial charge in [-0.15, -0.1) is 0 Å². The highest BCUT2D eigenvalue weighted by Crippen LogP contribution is 2.23. The molecule has 0 heterocycles. The topological polar surface area (TPSA) is 64.6 Å². The first kappa shape index (κ1) is 19.0. The van der Waals surface area contributed by atoms with E-state index in [4.69, 9.17) is 9.47 Å². The monoisotopic (exact) mass is 345 g/mol. The molecule has 1 aromatic carbocycles. The van der Waals surface area contributed by atoms with E-state index < -0.39 is 5.97 Å². The van der Waals surface area contributed by atoms with Gasteiger partial charge in [0.15, 0.2) is 6.61 Å². The molecule has 5 nitrogen and oxygen atoms in total. The van der Waals surface area contributed by atoms with Crippen LogP contribution in [0.1, 0.15) is 45.1 Å². The van der Waals surface area contributed by atoms with E-state index in [1.165, 1.54) is 12.5 Å². The summed E-state index contributed by atoms with van der Waals surface area (Å²) in [7, 11) is 0. The maximum absolute atomic E-state index is 11.9. The van der Waals surface area contributed by atoms with Crippen LogP contribution in [-0.4, -0.2) is 31.1 Å². The average Bonchev–Trinajstić information content (AvgIpc) is 2.61. The molecule has 0 saturated heterocycles. The SMILES string of the molecule is CCOc1ccc(/C=C/C(=O)OCC(=O)N[C@@H]2CCCC[C@H]2C)cc1. The largest absolute Gasteiger partial charge is 0.494 e. The van der Waals surface area contributed by atoms with Crippen LogP contribution >= 0.6 is 0 Å². The first-order chi connectivity index (χ1) is 12.1. The van der Waals surface area contributed by atoms with E-state index in [2.05, 4.69) is 12.2 Å². The van der Waals surface area contributed by atoms with Crippen LogP contribution < -0.4 is 10.1 Å². The van der Waals surface area contributed by atoms with Crippen LogP contribution in [0.5, 0.6) is 5.75 Å². The Morgan fingerprint density at radius 2 is 1.92 bits per heavy atom. The van der Waals surface area contributed by atoms with E-state index in [0.717, 1.165) is 30.6 Å². The summed E-state index contributed by atoms with van der Waals surface area (Å²) in [6, 6.07) is 7.58. The second kappa shape index (κ2) is 9.87. The summed E-state index contributed by atoms with van der Waals surface area (Å²) in [5, 5.41) is 2.96. The van der Waals surface area contributed by atoms with Gasteiger partial charge < -0.3 is 14.8 Å². The standard InChI is InChI=1S/C20H27NO4/c1-3-24-17-11-8-16(9-12-17)10-13-20(23)25-14-19(22)21-18-7-5-4-6-15(18)2/h8-13,15,18H,3-7,14H2,1-2H3,(H,21,22)/b13-10+/t15-,18-/m1/s1. The van der Waals surface area contributed by atoms with Gasteiger partial charge >= 0.3 is 5.97 Å². The maximum Gasteiger partial charge on any atom is 0.331 e. The summed E-state index contributed by atoms with van der Waals surface area (Å²) in [6.07, 6.45) is 7.47. The smallest absolute Gasteiger partial charge is 0.331 e. The molecule has 1 aliphatic rings. The Labute approximate surface area is 149 Å². The lowest BCUT2D eigenvalue weighted by Gasteiger charge is -2.29. The van der Waals surface area contributed by atoms with Crippen LogP contribution in [0, 0.1) is 5.92 Å². The van der Waals surface area contributed by atoms with Crippen molar-refractivity contribution in [2.24, 2.45) is 5.92 Å². The zero-order valence-corrected chi connectivity index (χ0v) is 15.0. The normalized spacial score (nSPS) is 20.2. The number of hydrogen-bond donors (Lipinski definition) is 1. The van der Waals surface area contributed by atoms with Crippen molar-refractivity contribution in [3.05, 3.63) is 35.9 Å². The first-order valence-corrected chi connectivity index (χ1v) is 8.95. The van der Waals surface area contributed by atoms with Gasteiger partial charge in [0, 0.05) is 12.1 Å². The number of rotatable bonds is 7. The fourth-order valence-electron chi connectivity index (χ4n) is 2.97. The van der Waals surface area contributed by atoms with E-state index in [-0.39, 0.29) is 18.6 Å². The minimum atomic E-state index is -0.527. The molecular formula is C20H27NO4. The number of benzene rings is 1. The van der Waals surface area contributed by atoms with E-state index in [9.17, 15) is 9.59 Å². The second-order valence-corrected chi connectivity index (χ2v) is 6.38. The Morgan fingerprint density at radius 1 is 1.20 bits per heavy atom. The molecule has 5 heteroatoms. The zero-order valence-electron chi connectivity index (χ0n) is 15.0. The summed E-state index contributed by atoms with van der Waals surface area (Å²) >= 11 is 0. The molecule has 0 bridgehead atoms. The minimum Gasteiger partial charge on any atom is -0.494 e. The lowest BCUT2D eigenvalue weighted by Crippen LogP contribution is -2.42. The molecule has 1 amide bonds. The van der Waals surface area contributed by atoms with Crippen LogP contribution in [-0.2, 0) is 14.3 Å². The molecule has 2 rings (SSSR count). The number of nitrogens with one attached hydrogen (secondary N) is 1. The lowest BCUT2D eigenvalue weighted by molar-refractivity contribution is -0.144. The summed E-state index contributed by atoms with van der Waals surface area (Å²) in [4.78, 5) is 23.6. The molecule has 2 atom stereocenters. The van der Waals surface area contributed by atoms with Gasteiger partial charge in [0.25, 0.3) is 5.91 Å². The van der Waals surface area contributed by atoms with Crippen molar-refractivity contribution in [3.8, 4) is 5.75 Å². The molecule has 1 aliphatic carbocycles. The predicted octanol–water partition coefficient (Wildman–Crippen LogP) is 3.34. The molecule has 1 N–H and O–H groups in total. The van der Waals surface area contributed by atoms with Crippen LogP contribution in [0.25, 0.3) is 6.08 Å². The Balaban J connectivity index is 1.73.